The summed E-state index contributed by atoms with van der Waals surface area (Å²) >= 11 is 0. The highest BCUT2D eigenvalue weighted by molar-refractivity contribution is 5.35. The Morgan fingerprint density at radius 3 is 2.89 bits per heavy atom. The topological polar surface area (TPSA) is 39.7 Å². The minimum absolute atomic E-state index is 0.0917. The summed E-state index contributed by atoms with van der Waals surface area (Å²) in [7, 11) is 0. The van der Waals surface area contributed by atoms with Gasteiger partial charge in [0.25, 0.3) is 0 Å². The van der Waals surface area contributed by atoms with Crippen LogP contribution in [0.25, 0.3) is 0 Å². The van der Waals surface area contributed by atoms with Crippen LogP contribution in [0.3, 0.4) is 0 Å². The van der Waals surface area contributed by atoms with Crippen molar-refractivity contribution >= 4 is 0 Å². The predicted octanol–water partition coefficient (Wildman–Crippen LogP) is 1.78. The molecule has 2 unspecified atom stereocenters. The third-order valence-electron chi connectivity index (χ3n) is 3.74. The molecule has 2 aliphatic heterocycles. The fourth-order valence-electron chi connectivity index (χ4n) is 2.77. The predicted molar refractivity (Wildman–Crippen MR) is 71.9 cm³/mol. The molecular weight excluding hydrogens is 242 g/mol. The van der Waals surface area contributed by atoms with Crippen LogP contribution < -0.4 is 5.32 Å². The van der Waals surface area contributed by atoms with Crippen molar-refractivity contribution in [1.29, 1.82) is 0 Å². The van der Waals surface area contributed by atoms with Gasteiger partial charge >= 0.3 is 0 Å². The van der Waals surface area contributed by atoms with E-state index in [0.29, 0.717) is 19.8 Å². The van der Waals surface area contributed by atoms with E-state index in [-0.39, 0.29) is 12.1 Å². The highest BCUT2D eigenvalue weighted by atomic mass is 16.6. The summed E-state index contributed by atoms with van der Waals surface area (Å²) in [6.45, 7) is 6.54. The molecule has 19 heavy (non-hydrogen) atoms. The highest BCUT2D eigenvalue weighted by Gasteiger charge is 2.26. The van der Waals surface area contributed by atoms with Gasteiger partial charge in [0.15, 0.2) is 0 Å². The lowest BCUT2D eigenvalue weighted by molar-refractivity contribution is -0.102. The average molecular weight is 263 g/mol. The summed E-state index contributed by atoms with van der Waals surface area (Å²) < 4.78 is 16.9. The molecule has 2 atom stereocenters. The highest BCUT2D eigenvalue weighted by Crippen LogP contribution is 2.27. The zero-order valence-corrected chi connectivity index (χ0v) is 11.4. The molecule has 1 aromatic carbocycles. The van der Waals surface area contributed by atoms with Gasteiger partial charge in [0, 0.05) is 0 Å². The maximum atomic E-state index is 5.85. The van der Waals surface area contributed by atoms with E-state index < -0.39 is 0 Å². The number of nitrogens with one attached hydrogen (secondary N) is 1. The third kappa shape index (κ3) is 2.82. The average Bonchev–Trinajstić information content (AvgIpc) is 2.93. The zero-order chi connectivity index (χ0) is 13.1. The van der Waals surface area contributed by atoms with Gasteiger partial charge in [-0.05, 0) is 23.2 Å². The van der Waals surface area contributed by atoms with Crippen LogP contribution in [0.2, 0.25) is 0 Å². The van der Waals surface area contributed by atoms with Crippen LogP contribution in [0.4, 0.5) is 0 Å². The molecule has 1 aromatic rings. The Kier molecular flexibility index (Phi) is 4.13. The quantitative estimate of drug-likeness (QED) is 0.899. The lowest BCUT2D eigenvalue weighted by atomic mass is 9.97. The van der Waals surface area contributed by atoms with Crippen LogP contribution >= 0.6 is 0 Å². The fourth-order valence-corrected chi connectivity index (χ4v) is 2.77. The number of hydrogen-bond acceptors (Lipinski definition) is 4. The molecule has 0 bridgehead atoms. The van der Waals surface area contributed by atoms with Gasteiger partial charge in [-0.2, -0.15) is 0 Å². The van der Waals surface area contributed by atoms with Gasteiger partial charge in [0.05, 0.1) is 39.1 Å². The van der Waals surface area contributed by atoms with Crippen LogP contribution in [0.1, 0.15) is 29.7 Å². The third-order valence-corrected chi connectivity index (χ3v) is 3.74. The zero-order valence-electron chi connectivity index (χ0n) is 11.4. The molecule has 0 aromatic heterocycles. The smallest absolute Gasteiger partial charge is 0.100 e. The summed E-state index contributed by atoms with van der Waals surface area (Å²) in [6, 6.07) is 6.79. The van der Waals surface area contributed by atoms with E-state index in [1.165, 1.54) is 16.7 Å². The second kappa shape index (κ2) is 6.01. The lowest BCUT2D eigenvalue weighted by Gasteiger charge is -2.31. The Bertz CT molecular complexity index is 429. The number of ether oxygens (including phenoxy) is 3. The van der Waals surface area contributed by atoms with Gasteiger partial charge in [-0.1, -0.05) is 25.1 Å². The number of hydrogen-bond donors (Lipinski definition) is 1. The van der Waals surface area contributed by atoms with E-state index in [1.54, 1.807) is 0 Å². The minimum atomic E-state index is 0.0917. The first-order chi connectivity index (χ1) is 9.38. The van der Waals surface area contributed by atoms with Crippen molar-refractivity contribution in [3.8, 4) is 0 Å². The molecule has 0 aliphatic carbocycles. The van der Waals surface area contributed by atoms with Crippen molar-refractivity contribution in [1.82, 2.24) is 5.32 Å². The molecule has 104 valence electrons. The van der Waals surface area contributed by atoms with Crippen LogP contribution in [-0.4, -0.2) is 32.5 Å². The maximum Gasteiger partial charge on any atom is 0.100 e. The first kappa shape index (κ1) is 13.1. The van der Waals surface area contributed by atoms with E-state index in [1.807, 2.05) is 0 Å². The fraction of sp³-hybridized carbons (Fsp3) is 0.600. The van der Waals surface area contributed by atoms with Crippen molar-refractivity contribution in [2.45, 2.75) is 32.3 Å². The maximum absolute atomic E-state index is 5.85. The Morgan fingerprint density at radius 1 is 1.21 bits per heavy atom. The van der Waals surface area contributed by atoms with E-state index in [4.69, 9.17) is 14.2 Å². The summed E-state index contributed by atoms with van der Waals surface area (Å²) in [6.07, 6.45) is 0.0917. The van der Waals surface area contributed by atoms with Gasteiger partial charge in [0.2, 0.25) is 0 Å². The molecule has 3 rings (SSSR count). The normalized spacial score (nSPS) is 24.2. The van der Waals surface area contributed by atoms with Crippen molar-refractivity contribution in [3.63, 3.8) is 0 Å². The second-order valence-electron chi connectivity index (χ2n) is 5.04. The van der Waals surface area contributed by atoms with E-state index >= 15 is 0 Å². The number of fused-ring (bicyclic) bond motifs is 1. The molecule has 1 N–H and O–H groups in total. The second-order valence-corrected chi connectivity index (χ2v) is 5.04. The molecular formula is C15H21NO3. The number of likely N-dealkylation sites (N-methyl/N-ethyl adjacent to an activating group) is 1. The number of benzene rings is 1. The molecule has 0 radical (unpaired) electrons. The Balaban J connectivity index is 1.82. The molecule has 1 fully saturated rings. The van der Waals surface area contributed by atoms with Gasteiger partial charge < -0.3 is 19.5 Å². The molecule has 2 heterocycles. The minimum Gasteiger partial charge on any atom is -0.376 e. The van der Waals surface area contributed by atoms with Crippen LogP contribution in [0.15, 0.2) is 18.2 Å². The molecule has 4 nitrogen and oxygen atoms in total. The molecule has 0 amide bonds. The van der Waals surface area contributed by atoms with Crippen molar-refractivity contribution in [3.05, 3.63) is 34.9 Å². The molecule has 1 saturated heterocycles. The Morgan fingerprint density at radius 2 is 2.11 bits per heavy atom. The summed E-state index contributed by atoms with van der Waals surface area (Å²) in [5.74, 6) is 0. The van der Waals surface area contributed by atoms with E-state index in [2.05, 4.69) is 30.4 Å². The van der Waals surface area contributed by atoms with Crippen LogP contribution in [0.5, 0.6) is 0 Å². The van der Waals surface area contributed by atoms with Crippen molar-refractivity contribution in [2.24, 2.45) is 0 Å². The lowest BCUT2D eigenvalue weighted by Crippen LogP contribution is -2.40. The first-order valence-electron chi connectivity index (χ1n) is 7.00. The summed E-state index contributed by atoms with van der Waals surface area (Å²) in [4.78, 5) is 0. The first-order valence-corrected chi connectivity index (χ1v) is 7.00. The summed E-state index contributed by atoms with van der Waals surface area (Å²) in [5, 5.41) is 3.51. The molecule has 2 aliphatic rings. The standard InChI is InChI=1S/C15H21NO3/c1-2-16-15(14-10-17-5-6-19-14)11-3-4-12-8-18-9-13(12)7-11/h3-4,7,14-16H,2,5-6,8-10H2,1H3. The Labute approximate surface area is 114 Å². The van der Waals surface area contributed by atoms with E-state index in [9.17, 15) is 0 Å². The molecule has 0 saturated carbocycles. The SMILES string of the molecule is CCNC(c1ccc2c(c1)COC2)C1COCCO1. The van der Waals surface area contributed by atoms with Gasteiger partial charge in [0.1, 0.15) is 6.10 Å². The monoisotopic (exact) mass is 263 g/mol. The van der Waals surface area contributed by atoms with Crippen LogP contribution in [-0.2, 0) is 27.4 Å². The van der Waals surface area contributed by atoms with Crippen LogP contribution in [0, 0.1) is 0 Å². The largest absolute Gasteiger partial charge is 0.376 e. The van der Waals surface area contributed by atoms with Crippen molar-refractivity contribution in [2.75, 3.05) is 26.4 Å². The van der Waals surface area contributed by atoms with Crippen molar-refractivity contribution < 1.29 is 14.2 Å². The molecule has 0 spiro atoms. The molecule has 4 heteroatoms. The number of rotatable bonds is 4. The Hall–Kier alpha value is -0.940. The van der Waals surface area contributed by atoms with E-state index in [0.717, 1.165) is 19.8 Å². The summed E-state index contributed by atoms with van der Waals surface area (Å²) in [5.41, 5.74) is 3.87. The van der Waals surface area contributed by atoms with Gasteiger partial charge in [-0.3, -0.25) is 0 Å². The van der Waals surface area contributed by atoms with Gasteiger partial charge in [-0.25, -0.2) is 0 Å². The van der Waals surface area contributed by atoms with Gasteiger partial charge in [-0.15, -0.1) is 0 Å².